The fourth-order valence-corrected chi connectivity index (χ4v) is 2.84. The molecule has 0 aliphatic carbocycles. The number of hydrogen-bond donors (Lipinski definition) is 2. The van der Waals surface area contributed by atoms with E-state index in [9.17, 15) is 9.59 Å². The Bertz CT molecular complexity index is 924. The van der Waals surface area contributed by atoms with E-state index in [2.05, 4.69) is 15.0 Å². The summed E-state index contributed by atoms with van der Waals surface area (Å²) in [5.41, 5.74) is 4.51. The Labute approximate surface area is 139 Å². The lowest BCUT2D eigenvalue weighted by molar-refractivity contribution is 0.0600. The maximum absolute atomic E-state index is 12.7. The summed E-state index contributed by atoms with van der Waals surface area (Å²) in [7, 11) is 1.33. The van der Waals surface area contributed by atoms with Crippen molar-refractivity contribution in [2.45, 2.75) is 13.8 Å². The van der Waals surface area contributed by atoms with E-state index in [0.717, 1.165) is 22.2 Å². The summed E-state index contributed by atoms with van der Waals surface area (Å²) in [4.78, 5) is 27.4. The number of aryl methyl sites for hydroxylation is 2. The molecule has 0 aliphatic rings. The monoisotopic (exact) mass is 322 g/mol. The number of fused-ring (bicyclic) bond motifs is 1. The summed E-state index contributed by atoms with van der Waals surface area (Å²) < 4.78 is 4.66. The average Bonchev–Trinajstić information content (AvgIpc) is 2.92. The van der Waals surface area contributed by atoms with Gasteiger partial charge in [-0.25, -0.2) is 4.79 Å². The molecule has 0 fully saturated rings. The minimum atomic E-state index is -0.407. The summed E-state index contributed by atoms with van der Waals surface area (Å²) in [6.07, 6.45) is 0. The topological polar surface area (TPSA) is 71.2 Å². The van der Waals surface area contributed by atoms with Crippen LogP contribution in [0.25, 0.3) is 10.9 Å². The molecule has 0 aliphatic heterocycles. The highest BCUT2D eigenvalue weighted by Gasteiger charge is 2.17. The number of carbonyl (C=O) groups excluding carboxylic acids is 2. The van der Waals surface area contributed by atoms with Gasteiger partial charge in [0, 0.05) is 22.3 Å². The van der Waals surface area contributed by atoms with Crippen molar-refractivity contribution < 1.29 is 14.3 Å². The highest BCUT2D eigenvalue weighted by Crippen LogP contribution is 2.26. The summed E-state index contributed by atoms with van der Waals surface area (Å²) in [5.74, 6) is -0.588. The molecule has 3 aromatic rings. The third kappa shape index (κ3) is 2.76. The van der Waals surface area contributed by atoms with Crippen LogP contribution in [0.1, 0.15) is 32.0 Å². The van der Waals surface area contributed by atoms with Crippen molar-refractivity contribution in [2.24, 2.45) is 0 Å². The number of aromatic amines is 1. The van der Waals surface area contributed by atoms with E-state index in [1.807, 2.05) is 32.0 Å². The fraction of sp³-hybridized carbons (Fsp3) is 0.158. The number of esters is 1. The lowest BCUT2D eigenvalue weighted by Crippen LogP contribution is -2.13. The Hall–Kier alpha value is -3.08. The predicted octanol–water partition coefficient (Wildman–Crippen LogP) is 3.82. The van der Waals surface area contributed by atoms with Crippen LogP contribution in [0, 0.1) is 13.8 Å². The lowest BCUT2D eigenvalue weighted by atomic mass is 10.1. The number of methoxy groups -OCH3 is 1. The van der Waals surface area contributed by atoms with Gasteiger partial charge in [0.05, 0.1) is 18.2 Å². The Balaban J connectivity index is 1.91. The quantitative estimate of drug-likeness (QED) is 0.720. The van der Waals surface area contributed by atoms with Crippen LogP contribution in [-0.4, -0.2) is 24.0 Å². The van der Waals surface area contributed by atoms with Crippen molar-refractivity contribution >= 4 is 28.5 Å². The second-order valence-corrected chi connectivity index (χ2v) is 5.65. The van der Waals surface area contributed by atoms with Crippen LogP contribution in [0.15, 0.2) is 42.5 Å². The molecular weight excluding hydrogens is 304 g/mol. The van der Waals surface area contributed by atoms with Crippen molar-refractivity contribution in [1.82, 2.24) is 4.98 Å². The van der Waals surface area contributed by atoms with E-state index in [4.69, 9.17) is 0 Å². The van der Waals surface area contributed by atoms with Gasteiger partial charge in [-0.1, -0.05) is 12.1 Å². The van der Waals surface area contributed by atoms with Crippen LogP contribution < -0.4 is 5.32 Å². The lowest BCUT2D eigenvalue weighted by Gasteiger charge is -2.07. The number of hydrogen-bond acceptors (Lipinski definition) is 3. The summed E-state index contributed by atoms with van der Waals surface area (Å²) >= 11 is 0. The van der Waals surface area contributed by atoms with Crippen molar-refractivity contribution in [3.05, 3.63) is 64.8 Å². The van der Waals surface area contributed by atoms with Crippen molar-refractivity contribution in [2.75, 3.05) is 12.4 Å². The van der Waals surface area contributed by atoms with Crippen LogP contribution in [0.3, 0.4) is 0 Å². The Morgan fingerprint density at radius 1 is 1.04 bits per heavy atom. The highest BCUT2D eigenvalue weighted by atomic mass is 16.5. The number of anilines is 1. The van der Waals surface area contributed by atoms with Gasteiger partial charge in [0.2, 0.25) is 0 Å². The van der Waals surface area contributed by atoms with Gasteiger partial charge in [0.15, 0.2) is 0 Å². The molecule has 122 valence electrons. The van der Waals surface area contributed by atoms with Crippen LogP contribution in [0.5, 0.6) is 0 Å². The first-order valence-electron chi connectivity index (χ1n) is 7.59. The molecule has 0 bridgehead atoms. The SMILES string of the molecule is COC(=O)c1ccc(NC(=O)c2c(C)[nH]c3cccc(C)c23)cc1. The molecule has 0 saturated carbocycles. The second-order valence-electron chi connectivity index (χ2n) is 5.65. The molecule has 1 heterocycles. The molecule has 0 saturated heterocycles. The molecule has 1 amide bonds. The van der Waals surface area contributed by atoms with E-state index in [0.29, 0.717) is 16.8 Å². The van der Waals surface area contributed by atoms with Gasteiger partial charge >= 0.3 is 5.97 Å². The summed E-state index contributed by atoms with van der Waals surface area (Å²) in [6, 6.07) is 12.5. The third-order valence-corrected chi connectivity index (χ3v) is 4.01. The number of carbonyl (C=O) groups is 2. The number of H-pyrrole nitrogens is 1. The normalized spacial score (nSPS) is 10.6. The van der Waals surface area contributed by atoms with Gasteiger partial charge in [-0.15, -0.1) is 0 Å². The molecule has 24 heavy (non-hydrogen) atoms. The molecule has 2 N–H and O–H groups in total. The molecule has 0 radical (unpaired) electrons. The molecule has 0 atom stereocenters. The van der Waals surface area contributed by atoms with Crippen molar-refractivity contribution in [1.29, 1.82) is 0 Å². The Kier molecular flexibility index (Phi) is 4.08. The summed E-state index contributed by atoms with van der Waals surface area (Å²) in [5, 5.41) is 3.81. The second kappa shape index (κ2) is 6.20. The fourth-order valence-electron chi connectivity index (χ4n) is 2.84. The first-order chi connectivity index (χ1) is 11.5. The van der Waals surface area contributed by atoms with Crippen LogP contribution in [-0.2, 0) is 4.74 Å². The van der Waals surface area contributed by atoms with Crippen LogP contribution >= 0.6 is 0 Å². The van der Waals surface area contributed by atoms with Crippen LogP contribution in [0.4, 0.5) is 5.69 Å². The first-order valence-corrected chi connectivity index (χ1v) is 7.59. The third-order valence-electron chi connectivity index (χ3n) is 4.01. The van der Waals surface area contributed by atoms with Crippen molar-refractivity contribution in [3.63, 3.8) is 0 Å². The van der Waals surface area contributed by atoms with E-state index < -0.39 is 5.97 Å². The number of aromatic nitrogens is 1. The standard InChI is InChI=1S/C19H18N2O3/c1-11-5-4-6-15-16(11)17(12(2)20-15)18(22)21-14-9-7-13(8-10-14)19(23)24-3/h4-10,20H,1-3H3,(H,21,22). The molecule has 0 unspecified atom stereocenters. The van der Waals surface area contributed by atoms with Gasteiger partial charge in [-0.3, -0.25) is 4.79 Å². The molecule has 5 heteroatoms. The predicted molar refractivity (Wildman–Crippen MR) is 93.5 cm³/mol. The largest absolute Gasteiger partial charge is 0.465 e. The molecular formula is C19H18N2O3. The molecule has 5 nitrogen and oxygen atoms in total. The van der Waals surface area contributed by atoms with Gasteiger partial charge in [0.1, 0.15) is 0 Å². The minimum Gasteiger partial charge on any atom is -0.465 e. The average molecular weight is 322 g/mol. The molecule has 2 aromatic carbocycles. The number of benzene rings is 2. The number of ether oxygens (including phenoxy) is 1. The highest BCUT2D eigenvalue weighted by molar-refractivity contribution is 6.14. The van der Waals surface area contributed by atoms with Crippen molar-refractivity contribution in [3.8, 4) is 0 Å². The zero-order valence-electron chi connectivity index (χ0n) is 13.8. The molecule has 1 aromatic heterocycles. The number of amides is 1. The minimum absolute atomic E-state index is 0.182. The maximum Gasteiger partial charge on any atom is 0.337 e. The van der Waals surface area contributed by atoms with Gasteiger partial charge < -0.3 is 15.0 Å². The number of rotatable bonds is 3. The van der Waals surface area contributed by atoms with Crippen LogP contribution in [0.2, 0.25) is 0 Å². The van der Waals surface area contributed by atoms with E-state index >= 15 is 0 Å². The maximum atomic E-state index is 12.7. The molecule has 3 rings (SSSR count). The first kappa shape index (κ1) is 15.8. The van der Waals surface area contributed by atoms with Gasteiger partial charge in [-0.2, -0.15) is 0 Å². The zero-order valence-corrected chi connectivity index (χ0v) is 13.8. The van der Waals surface area contributed by atoms with Gasteiger partial charge in [0.25, 0.3) is 5.91 Å². The van der Waals surface area contributed by atoms with E-state index in [1.165, 1.54) is 7.11 Å². The summed E-state index contributed by atoms with van der Waals surface area (Å²) in [6.45, 7) is 3.87. The molecule has 0 spiro atoms. The Morgan fingerprint density at radius 3 is 2.42 bits per heavy atom. The Morgan fingerprint density at radius 2 is 1.75 bits per heavy atom. The zero-order chi connectivity index (χ0) is 17.3. The smallest absolute Gasteiger partial charge is 0.337 e. The van der Waals surface area contributed by atoms with E-state index in [-0.39, 0.29) is 5.91 Å². The van der Waals surface area contributed by atoms with Gasteiger partial charge in [-0.05, 0) is 49.7 Å². The number of nitrogens with one attached hydrogen (secondary N) is 2. The van der Waals surface area contributed by atoms with E-state index in [1.54, 1.807) is 24.3 Å².